The van der Waals surface area contributed by atoms with Crippen molar-refractivity contribution in [3.63, 3.8) is 0 Å². The molecule has 28 heavy (non-hydrogen) atoms. The molecule has 1 aromatic heterocycles. The van der Waals surface area contributed by atoms with Crippen molar-refractivity contribution in [1.82, 2.24) is 14.9 Å². The zero-order valence-corrected chi connectivity index (χ0v) is 16.5. The van der Waals surface area contributed by atoms with Crippen LogP contribution < -0.4 is 9.47 Å². The summed E-state index contributed by atoms with van der Waals surface area (Å²) in [6.07, 6.45) is 6.95. The maximum atomic E-state index is 5.64. The summed E-state index contributed by atoms with van der Waals surface area (Å²) in [4.78, 5) is 0. The number of terminal acetylenes is 1. The number of aryl methyl sites for hydroxylation is 1. The summed E-state index contributed by atoms with van der Waals surface area (Å²) in [5.74, 6) is 4.29. The third-order valence-corrected chi connectivity index (χ3v) is 4.13. The van der Waals surface area contributed by atoms with Crippen LogP contribution in [-0.4, -0.2) is 34.3 Å². The van der Waals surface area contributed by atoms with Crippen molar-refractivity contribution in [3.05, 3.63) is 58.4 Å². The van der Waals surface area contributed by atoms with Gasteiger partial charge in [0.1, 0.15) is 6.61 Å². The lowest BCUT2D eigenvalue weighted by atomic mass is 10.1. The number of aromatic amines is 1. The highest BCUT2D eigenvalue weighted by Crippen LogP contribution is 2.28. The van der Waals surface area contributed by atoms with E-state index >= 15 is 0 Å². The topological polar surface area (TPSA) is 64.4 Å². The highest BCUT2D eigenvalue weighted by Gasteiger charge is 2.09. The van der Waals surface area contributed by atoms with Crippen LogP contribution in [0.5, 0.6) is 11.5 Å². The fraction of sp³-hybridized carbons (Fsp3) is 0.190. The first kappa shape index (κ1) is 19.4. The summed E-state index contributed by atoms with van der Waals surface area (Å²) >= 11 is 5.32. The maximum Gasteiger partial charge on any atom is 0.216 e. The van der Waals surface area contributed by atoms with Gasteiger partial charge in [-0.3, -0.25) is 0 Å². The lowest BCUT2D eigenvalue weighted by Crippen LogP contribution is -2.00. The van der Waals surface area contributed by atoms with E-state index in [0.29, 0.717) is 28.7 Å². The molecule has 3 rings (SSSR count). The average Bonchev–Trinajstić information content (AvgIpc) is 3.07. The first-order valence-corrected chi connectivity index (χ1v) is 9.15. The zero-order chi connectivity index (χ0) is 19.9. The number of hydrogen-bond acceptors (Lipinski definition) is 5. The molecule has 0 unspecified atom stereocenters. The molecule has 2 aromatic carbocycles. The summed E-state index contributed by atoms with van der Waals surface area (Å²) in [5, 5.41) is 11.6. The van der Waals surface area contributed by atoms with Crippen LogP contribution in [0.15, 0.2) is 47.6 Å². The van der Waals surface area contributed by atoms with Crippen molar-refractivity contribution < 1.29 is 9.47 Å². The Hall–Kier alpha value is -3.37. The van der Waals surface area contributed by atoms with Crippen LogP contribution in [0.1, 0.15) is 18.1 Å². The molecule has 3 aromatic rings. The number of H-pyrrole nitrogens is 1. The lowest BCUT2D eigenvalue weighted by Gasteiger charge is -2.10. The van der Waals surface area contributed by atoms with Crippen molar-refractivity contribution >= 4 is 18.4 Å². The summed E-state index contributed by atoms with van der Waals surface area (Å²) in [6, 6.07) is 13.5. The van der Waals surface area contributed by atoms with E-state index in [1.54, 1.807) is 17.0 Å². The molecule has 0 radical (unpaired) electrons. The molecule has 0 bridgehead atoms. The Labute approximate surface area is 168 Å². The van der Waals surface area contributed by atoms with Gasteiger partial charge in [-0.1, -0.05) is 35.7 Å². The maximum absolute atomic E-state index is 5.64. The molecule has 0 saturated heterocycles. The third kappa shape index (κ3) is 4.48. The van der Waals surface area contributed by atoms with Crippen molar-refractivity contribution in [2.24, 2.45) is 5.10 Å². The van der Waals surface area contributed by atoms with Gasteiger partial charge < -0.3 is 9.47 Å². The van der Waals surface area contributed by atoms with Crippen LogP contribution in [-0.2, 0) is 0 Å². The molecule has 7 heteroatoms. The van der Waals surface area contributed by atoms with Crippen molar-refractivity contribution in [1.29, 1.82) is 0 Å². The zero-order valence-electron chi connectivity index (χ0n) is 15.7. The number of aromatic nitrogens is 3. The second-order valence-electron chi connectivity index (χ2n) is 5.91. The number of hydrogen-bond donors (Lipinski definition) is 1. The highest BCUT2D eigenvalue weighted by molar-refractivity contribution is 7.71. The van der Waals surface area contributed by atoms with Crippen molar-refractivity contribution in [3.8, 4) is 35.2 Å². The first-order valence-electron chi connectivity index (χ1n) is 8.74. The molecule has 0 spiro atoms. The van der Waals surface area contributed by atoms with Gasteiger partial charge in [0.05, 0.1) is 12.8 Å². The average molecular weight is 392 g/mol. The van der Waals surface area contributed by atoms with Crippen LogP contribution in [0.25, 0.3) is 11.4 Å². The smallest absolute Gasteiger partial charge is 0.216 e. The van der Waals surface area contributed by atoms with E-state index in [4.69, 9.17) is 28.1 Å². The predicted octanol–water partition coefficient (Wildman–Crippen LogP) is 4.21. The molecule has 0 atom stereocenters. The largest absolute Gasteiger partial charge is 0.490 e. The SMILES string of the molecule is C#CCOc1ccc(/C=N\n2c(-c3ccc(C)cc3)n[nH]c2=S)cc1OCC. The van der Waals surface area contributed by atoms with Gasteiger partial charge in [0.2, 0.25) is 4.77 Å². The Morgan fingerprint density at radius 3 is 2.71 bits per heavy atom. The molecular weight excluding hydrogens is 372 g/mol. The van der Waals surface area contributed by atoms with Gasteiger partial charge in [-0.05, 0) is 49.8 Å². The standard InChI is InChI=1S/C21H20N4O2S/c1-4-12-27-18-11-8-16(13-19(18)26-5-2)14-22-25-20(23-24-21(25)28)17-9-6-15(3)7-10-17/h1,6-11,13-14H,5,12H2,2-3H3,(H,24,28)/b22-14-. The third-order valence-electron chi connectivity index (χ3n) is 3.86. The van der Waals surface area contributed by atoms with E-state index in [1.807, 2.05) is 50.2 Å². The second kappa shape index (κ2) is 9.02. The predicted molar refractivity (Wildman–Crippen MR) is 113 cm³/mol. The van der Waals surface area contributed by atoms with E-state index in [2.05, 4.69) is 21.2 Å². The minimum Gasteiger partial charge on any atom is -0.490 e. The Balaban J connectivity index is 1.91. The van der Waals surface area contributed by atoms with Gasteiger partial charge in [-0.15, -0.1) is 6.42 Å². The lowest BCUT2D eigenvalue weighted by molar-refractivity contribution is 0.299. The Morgan fingerprint density at radius 1 is 1.21 bits per heavy atom. The molecule has 1 N–H and O–H groups in total. The van der Waals surface area contributed by atoms with Gasteiger partial charge in [-0.2, -0.15) is 14.9 Å². The van der Waals surface area contributed by atoms with E-state index in [0.717, 1.165) is 11.1 Å². The molecule has 0 aliphatic heterocycles. The molecule has 142 valence electrons. The minimum absolute atomic E-state index is 0.178. The fourth-order valence-corrected chi connectivity index (χ4v) is 2.70. The van der Waals surface area contributed by atoms with Crippen molar-refractivity contribution in [2.75, 3.05) is 13.2 Å². The summed E-state index contributed by atoms with van der Waals surface area (Å²) in [5.41, 5.74) is 2.92. The normalized spacial score (nSPS) is 10.8. The number of benzene rings is 2. The van der Waals surface area contributed by atoms with Crippen LogP contribution in [0, 0.1) is 24.0 Å². The Bertz CT molecular complexity index is 1080. The molecule has 0 saturated carbocycles. The summed E-state index contributed by atoms with van der Waals surface area (Å²) < 4.78 is 13.1. The molecular formula is C21H20N4O2S. The minimum atomic E-state index is 0.178. The van der Waals surface area contributed by atoms with E-state index in [1.165, 1.54) is 5.56 Å². The number of nitrogens with zero attached hydrogens (tertiary/aromatic N) is 3. The Kier molecular flexibility index (Phi) is 6.25. The molecule has 0 aliphatic rings. The number of rotatable bonds is 7. The number of nitrogens with one attached hydrogen (secondary N) is 1. The Morgan fingerprint density at radius 2 is 2.00 bits per heavy atom. The highest BCUT2D eigenvalue weighted by atomic mass is 32.1. The van der Waals surface area contributed by atoms with Gasteiger partial charge in [0.25, 0.3) is 0 Å². The van der Waals surface area contributed by atoms with Crippen LogP contribution in [0.4, 0.5) is 0 Å². The van der Waals surface area contributed by atoms with Gasteiger partial charge in [0.15, 0.2) is 17.3 Å². The van der Waals surface area contributed by atoms with Gasteiger partial charge in [-0.25, -0.2) is 5.10 Å². The van der Waals surface area contributed by atoms with E-state index in [-0.39, 0.29) is 6.61 Å². The van der Waals surface area contributed by atoms with Crippen LogP contribution >= 0.6 is 12.2 Å². The van der Waals surface area contributed by atoms with E-state index < -0.39 is 0 Å². The molecule has 0 fully saturated rings. The summed E-state index contributed by atoms with van der Waals surface area (Å²) in [7, 11) is 0. The molecule has 0 aliphatic carbocycles. The van der Waals surface area contributed by atoms with Crippen molar-refractivity contribution in [2.45, 2.75) is 13.8 Å². The van der Waals surface area contributed by atoms with Crippen LogP contribution in [0.3, 0.4) is 0 Å². The van der Waals surface area contributed by atoms with E-state index in [9.17, 15) is 0 Å². The monoisotopic (exact) mass is 392 g/mol. The summed E-state index contributed by atoms with van der Waals surface area (Å²) in [6.45, 7) is 4.63. The fourth-order valence-electron chi connectivity index (χ4n) is 2.52. The van der Waals surface area contributed by atoms with Gasteiger partial charge >= 0.3 is 0 Å². The number of ether oxygens (including phenoxy) is 2. The molecule has 0 amide bonds. The molecule has 6 nitrogen and oxygen atoms in total. The quantitative estimate of drug-likeness (QED) is 0.372. The first-order chi connectivity index (χ1) is 13.6. The van der Waals surface area contributed by atoms with Crippen LogP contribution in [0.2, 0.25) is 0 Å². The van der Waals surface area contributed by atoms with Gasteiger partial charge in [0, 0.05) is 5.56 Å². The second-order valence-corrected chi connectivity index (χ2v) is 6.29. The molecule has 1 heterocycles.